The average molecular weight is 301 g/mol. The van der Waals surface area contributed by atoms with E-state index in [1.54, 1.807) is 6.33 Å². The van der Waals surface area contributed by atoms with Crippen molar-refractivity contribution in [1.29, 1.82) is 0 Å². The molecule has 0 atom stereocenters. The minimum absolute atomic E-state index is 0.100. The Morgan fingerprint density at radius 3 is 2.86 bits per heavy atom. The number of aromatic amines is 1. The third-order valence-electron chi connectivity index (χ3n) is 2.68. The fourth-order valence-electron chi connectivity index (χ4n) is 1.92. The highest BCUT2D eigenvalue weighted by molar-refractivity contribution is 7.99. The largest absolute Gasteiger partial charge is 0.491 e. The molecule has 108 valence electrons. The molecule has 3 rings (SSSR count). The predicted molar refractivity (Wildman–Crippen MR) is 82.4 cm³/mol. The van der Waals surface area contributed by atoms with Crippen LogP contribution < -0.4 is 10.5 Å². The maximum absolute atomic E-state index is 5.94. The second-order valence-corrected chi connectivity index (χ2v) is 5.85. The number of nitrogen functional groups attached to an aromatic ring is 1. The van der Waals surface area contributed by atoms with Gasteiger partial charge in [-0.1, -0.05) is 11.8 Å². The lowest BCUT2D eigenvalue weighted by atomic mass is 10.3. The summed E-state index contributed by atoms with van der Waals surface area (Å²) in [6.45, 7) is 3.96. The first-order chi connectivity index (χ1) is 10.1. The van der Waals surface area contributed by atoms with Crippen LogP contribution >= 0.6 is 11.8 Å². The topological polar surface area (TPSA) is 89.7 Å². The second-order valence-electron chi connectivity index (χ2n) is 4.79. The summed E-state index contributed by atoms with van der Waals surface area (Å²) in [7, 11) is 0. The Bertz CT molecular complexity index is 771. The number of hydrogen-bond donors (Lipinski definition) is 2. The van der Waals surface area contributed by atoms with Gasteiger partial charge in [0.15, 0.2) is 5.65 Å². The number of fused-ring (bicyclic) bond motifs is 1. The van der Waals surface area contributed by atoms with Crippen molar-refractivity contribution in [3.05, 3.63) is 30.9 Å². The zero-order valence-electron chi connectivity index (χ0n) is 11.7. The van der Waals surface area contributed by atoms with Gasteiger partial charge in [0.25, 0.3) is 0 Å². The summed E-state index contributed by atoms with van der Waals surface area (Å²) >= 11 is 1.49. The molecular weight excluding hydrogens is 286 g/mol. The Hall–Kier alpha value is -2.28. The molecule has 1 aromatic carbocycles. The van der Waals surface area contributed by atoms with Crippen molar-refractivity contribution >= 4 is 28.6 Å². The van der Waals surface area contributed by atoms with Crippen molar-refractivity contribution in [2.45, 2.75) is 29.9 Å². The molecule has 21 heavy (non-hydrogen) atoms. The van der Waals surface area contributed by atoms with Gasteiger partial charge < -0.3 is 15.5 Å². The number of aromatic nitrogens is 4. The first-order valence-electron chi connectivity index (χ1n) is 6.51. The minimum atomic E-state index is 0.100. The van der Waals surface area contributed by atoms with Crippen LogP contribution in [0.5, 0.6) is 5.75 Å². The van der Waals surface area contributed by atoms with E-state index in [0.717, 1.165) is 21.2 Å². The van der Waals surface area contributed by atoms with E-state index in [4.69, 9.17) is 10.5 Å². The molecule has 2 heterocycles. The summed E-state index contributed by atoms with van der Waals surface area (Å²) in [5.74, 6) is 0.752. The van der Waals surface area contributed by atoms with E-state index in [2.05, 4.69) is 19.9 Å². The Kier molecular flexibility index (Phi) is 3.66. The quantitative estimate of drug-likeness (QED) is 0.569. The van der Waals surface area contributed by atoms with Gasteiger partial charge in [-0.05, 0) is 26.0 Å². The maximum atomic E-state index is 5.94. The van der Waals surface area contributed by atoms with Crippen molar-refractivity contribution in [2.75, 3.05) is 5.73 Å². The van der Waals surface area contributed by atoms with Crippen LogP contribution in [0, 0.1) is 0 Å². The number of nitrogens with zero attached hydrogens (tertiary/aromatic N) is 3. The number of H-pyrrole nitrogens is 1. The van der Waals surface area contributed by atoms with Crippen LogP contribution in [-0.2, 0) is 0 Å². The monoisotopic (exact) mass is 301 g/mol. The number of anilines is 1. The molecule has 0 aliphatic carbocycles. The van der Waals surface area contributed by atoms with E-state index in [1.807, 2.05) is 32.0 Å². The van der Waals surface area contributed by atoms with Gasteiger partial charge in [0.1, 0.15) is 22.6 Å². The number of nitrogens with one attached hydrogen (secondary N) is 1. The summed E-state index contributed by atoms with van der Waals surface area (Å²) < 4.78 is 5.70. The van der Waals surface area contributed by atoms with E-state index in [-0.39, 0.29) is 6.10 Å². The molecule has 6 nitrogen and oxygen atoms in total. The third-order valence-corrected chi connectivity index (χ3v) is 3.65. The predicted octanol–water partition coefficient (Wildman–Crippen LogP) is 2.87. The van der Waals surface area contributed by atoms with Gasteiger partial charge in [-0.2, -0.15) is 0 Å². The summed E-state index contributed by atoms with van der Waals surface area (Å²) in [5, 5.41) is 0.804. The molecule has 0 radical (unpaired) electrons. The van der Waals surface area contributed by atoms with Crippen LogP contribution in [0.15, 0.2) is 40.8 Å². The number of rotatable bonds is 4. The van der Waals surface area contributed by atoms with Gasteiger partial charge in [-0.25, -0.2) is 15.0 Å². The van der Waals surface area contributed by atoms with Crippen LogP contribution in [0.3, 0.4) is 0 Å². The van der Waals surface area contributed by atoms with Gasteiger partial charge in [-0.15, -0.1) is 0 Å². The molecule has 0 spiro atoms. The Morgan fingerprint density at radius 2 is 2.05 bits per heavy atom. The van der Waals surface area contributed by atoms with Gasteiger partial charge in [-0.3, -0.25) is 0 Å². The van der Waals surface area contributed by atoms with Crippen molar-refractivity contribution in [3.63, 3.8) is 0 Å². The molecule has 3 N–H and O–H groups in total. The van der Waals surface area contributed by atoms with Gasteiger partial charge in [0.05, 0.1) is 12.4 Å². The molecule has 0 aliphatic rings. The van der Waals surface area contributed by atoms with E-state index in [0.29, 0.717) is 11.3 Å². The summed E-state index contributed by atoms with van der Waals surface area (Å²) in [6.07, 6.45) is 3.21. The zero-order valence-corrected chi connectivity index (χ0v) is 12.5. The Labute approximate surface area is 126 Å². The lowest BCUT2D eigenvalue weighted by Crippen LogP contribution is -2.05. The fourth-order valence-corrected chi connectivity index (χ4v) is 2.87. The average Bonchev–Trinajstić information content (AvgIpc) is 2.86. The van der Waals surface area contributed by atoms with E-state index < -0.39 is 0 Å². The van der Waals surface area contributed by atoms with Crippen LogP contribution in [-0.4, -0.2) is 26.0 Å². The molecule has 0 unspecified atom stereocenters. The van der Waals surface area contributed by atoms with Gasteiger partial charge >= 0.3 is 0 Å². The number of nitrogens with two attached hydrogens (primary N) is 1. The summed E-state index contributed by atoms with van der Waals surface area (Å²) in [6, 6.07) is 5.66. The molecule has 0 fully saturated rings. The SMILES string of the molecule is CC(C)Oc1cc(N)cc(Sc2ncnc3nc[nH]c23)c1. The molecular formula is C14H15N5OS. The molecule has 0 saturated heterocycles. The molecule has 0 aliphatic heterocycles. The van der Waals surface area contributed by atoms with Crippen LogP contribution in [0.25, 0.3) is 11.2 Å². The third kappa shape index (κ3) is 3.08. The summed E-state index contributed by atoms with van der Waals surface area (Å²) in [5.41, 5.74) is 8.06. The first kappa shape index (κ1) is 13.7. The molecule has 0 bridgehead atoms. The maximum Gasteiger partial charge on any atom is 0.181 e. The highest BCUT2D eigenvalue weighted by Crippen LogP contribution is 2.33. The second kappa shape index (κ2) is 5.61. The number of benzene rings is 1. The van der Waals surface area contributed by atoms with Crippen LogP contribution in [0.2, 0.25) is 0 Å². The van der Waals surface area contributed by atoms with E-state index >= 15 is 0 Å². The van der Waals surface area contributed by atoms with E-state index in [1.165, 1.54) is 18.1 Å². The molecule has 0 saturated carbocycles. The number of hydrogen-bond acceptors (Lipinski definition) is 6. The van der Waals surface area contributed by atoms with Gasteiger partial charge in [0.2, 0.25) is 0 Å². The molecule has 3 aromatic rings. The van der Waals surface area contributed by atoms with Crippen LogP contribution in [0.4, 0.5) is 5.69 Å². The Balaban J connectivity index is 1.94. The lowest BCUT2D eigenvalue weighted by Gasteiger charge is -2.12. The molecule has 0 amide bonds. The highest BCUT2D eigenvalue weighted by atomic mass is 32.2. The lowest BCUT2D eigenvalue weighted by molar-refractivity contribution is 0.242. The van der Waals surface area contributed by atoms with Crippen molar-refractivity contribution in [3.8, 4) is 5.75 Å². The first-order valence-corrected chi connectivity index (χ1v) is 7.32. The minimum Gasteiger partial charge on any atom is -0.491 e. The normalized spacial score (nSPS) is 11.2. The Morgan fingerprint density at radius 1 is 1.19 bits per heavy atom. The molecule has 2 aromatic heterocycles. The number of imidazole rings is 1. The number of ether oxygens (including phenoxy) is 1. The molecule has 7 heteroatoms. The smallest absolute Gasteiger partial charge is 0.181 e. The highest BCUT2D eigenvalue weighted by Gasteiger charge is 2.09. The van der Waals surface area contributed by atoms with Crippen LogP contribution in [0.1, 0.15) is 13.8 Å². The van der Waals surface area contributed by atoms with Gasteiger partial charge in [0, 0.05) is 16.6 Å². The summed E-state index contributed by atoms with van der Waals surface area (Å²) in [4.78, 5) is 16.5. The zero-order chi connectivity index (χ0) is 14.8. The standard InChI is InChI=1S/C14H15N5OS/c1-8(2)20-10-3-9(15)4-11(5-10)21-14-12-13(17-6-16-12)18-7-19-14/h3-8H,15H2,1-2H3,(H,16,17,18,19). The van der Waals surface area contributed by atoms with Crippen molar-refractivity contribution < 1.29 is 4.74 Å². The van der Waals surface area contributed by atoms with Crippen molar-refractivity contribution in [1.82, 2.24) is 19.9 Å². The van der Waals surface area contributed by atoms with Crippen molar-refractivity contribution in [2.24, 2.45) is 0 Å². The van der Waals surface area contributed by atoms with E-state index in [9.17, 15) is 0 Å². The fraction of sp³-hybridized carbons (Fsp3) is 0.214.